The van der Waals surface area contributed by atoms with Gasteiger partial charge in [-0.05, 0) is 18.9 Å². The minimum atomic E-state index is -2.62. The molecule has 1 heterocycles. The van der Waals surface area contributed by atoms with Crippen LogP contribution in [0.3, 0.4) is 0 Å². The highest BCUT2D eigenvalue weighted by atomic mass is 35.5. The second-order valence-electron chi connectivity index (χ2n) is 4.50. The van der Waals surface area contributed by atoms with Gasteiger partial charge in [0.05, 0.1) is 5.02 Å². The van der Waals surface area contributed by atoms with Gasteiger partial charge in [-0.15, -0.1) is 0 Å². The smallest absolute Gasteiger partial charge is 0.248 e. The molecule has 2 N–H and O–H groups in total. The highest BCUT2D eigenvalue weighted by molar-refractivity contribution is 6.34. The summed E-state index contributed by atoms with van der Waals surface area (Å²) in [5.41, 5.74) is 5.92. The number of nitrogens with two attached hydrogens (primary N) is 1. The largest absolute Gasteiger partial charge is 0.321 e. The molecule has 2 nitrogen and oxygen atoms in total. The fraction of sp³-hybridized carbons (Fsp3) is 0.545. The monoisotopic (exact) mass is 280 g/mol. The van der Waals surface area contributed by atoms with E-state index in [9.17, 15) is 8.78 Å². The van der Waals surface area contributed by atoms with Gasteiger partial charge in [-0.25, -0.2) is 13.8 Å². The summed E-state index contributed by atoms with van der Waals surface area (Å²) in [7, 11) is 0. The highest BCUT2D eigenvalue weighted by Crippen LogP contribution is 2.43. The van der Waals surface area contributed by atoms with Gasteiger partial charge in [-0.2, -0.15) is 0 Å². The zero-order valence-electron chi connectivity index (χ0n) is 9.02. The zero-order valence-corrected chi connectivity index (χ0v) is 10.5. The van der Waals surface area contributed by atoms with Crippen molar-refractivity contribution in [2.75, 3.05) is 0 Å². The molecule has 1 aliphatic carbocycles. The first-order valence-electron chi connectivity index (χ1n) is 5.31. The number of hydrogen-bond donors (Lipinski definition) is 1. The van der Waals surface area contributed by atoms with Crippen molar-refractivity contribution in [3.05, 3.63) is 28.0 Å². The predicted molar refractivity (Wildman–Crippen MR) is 63.5 cm³/mol. The van der Waals surface area contributed by atoms with Crippen LogP contribution in [0.1, 0.15) is 31.2 Å². The van der Waals surface area contributed by atoms with Gasteiger partial charge in [-0.1, -0.05) is 23.2 Å². The molecular weight excluding hydrogens is 269 g/mol. The van der Waals surface area contributed by atoms with Gasteiger partial charge in [0.15, 0.2) is 0 Å². The molecule has 1 fully saturated rings. The average Bonchev–Trinajstić information content (AvgIpc) is 2.23. The third-order valence-electron chi connectivity index (χ3n) is 3.23. The van der Waals surface area contributed by atoms with Crippen molar-refractivity contribution in [1.29, 1.82) is 0 Å². The number of hydrogen-bond acceptors (Lipinski definition) is 2. The van der Waals surface area contributed by atoms with Crippen LogP contribution in [0.15, 0.2) is 12.3 Å². The summed E-state index contributed by atoms with van der Waals surface area (Å²) >= 11 is 11.7. The Bertz CT molecular complexity index is 427. The van der Waals surface area contributed by atoms with Crippen LogP contribution >= 0.6 is 23.2 Å². The Balaban J connectivity index is 2.27. The molecule has 6 heteroatoms. The van der Waals surface area contributed by atoms with Crippen LogP contribution in [0.25, 0.3) is 0 Å². The minimum Gasteiger partial charge on any atom is -0.321 e. The van der Waals surface area contributed by atoms with Crippen molar-refractivity contribution >= 4 is 23.2 Å². The van der Waals surface area contributed by atoms with E-state index in [1.807, 2.05) is 0 Å². The Labute approximate surface area is 108 Å². The molecule has 0 radical (unpaired) electrons. The lowest BCUT2D eigenvalue weighted by Gasteiger charge is -2.37. The maximum Gasteiger partial charge on any atom is 0.248 e. The molecule has 0 unspecified atom stereocenters. The van der Waals surface area contributed by atoms with Crippen molar-refractivity contribution in [1.82, 2.24) is 4.98 Å². The van der Waals surface area contributed by atoms with Gasteiger partial charge in [0.1, 0.15) is 5.15 Å². The van der Waals surface area contributed by atoms with Crippen LogP contribution in [0.4, 0.5) is 8.78 Å². The number of rotatable bonds is 1. The number of pyridine rings is 1. The molecule has 0 amide bonds. The van der Waals surface area contributed by atoms with Gasteiger partial charge < -0.3 is 5.73 Å². The van der Waals surface area contributed by atoms with Crippen molar-refractivity contribution < 1.29 is 8.78 Å². The van der Waals surface area contributed by atoms with Gasteiger partial charge in [0.25, 0.3) is 0 Å². The first-order valence-corrected chi connectivity index (χ1v) is 6.06. The first-order chi connectivity index (χ1) is 7.82. The molecule has 1 saturated carbocycles. The van der Waals surface area contributed by atoms with Gasteiger partial charge in [0, 0.05) is 30.1 Å². The summed E-state index contributed by atoms with van der Waals surface area (Å²) in [5, 5.41) is 0.654. The number of nitrogens with zero attached hydrogens (tertiary/aromatic N) is 1. The number of halogens is 4. The second-order valence-corrected chi connectivity index (χ2v) is 5.29. The zero-order chi connectivity index (χ0) is 12.7. The van der Waals surface area contributed by atoms with E-state index in [1.54, 1.807) is 0 Å². The number of aromatic nitrogens is 1. The van der Waals surface area contributed by atoms with E-state index in [0.29, 0.717) is 10.6 Å². The predicted octanol–water partition coefficient (Wildman–Crippen LogP) is 3.75. The molecule has 0 spiro atoms. The van der Waals surface area contributed by atoms with Crippen molar-refractivity contribution in [3.63, 3.8) is 0 Å². The fourth-order valence-corrected chi connectivity index (χ4v) is 2.66. The Kier molecular flexibility index (Phi) is 3.31. The van der Waals surface area contributed by atoms with E-state index in [2.05, 4.69) is 4.98 Å². The topological polar surface area (TPSA) is 38.9 Å². The molecule has 2 rings (SSSR count). The first kappa shape index (κ1) is 13.0. The molecule has 1 aromatic heterocycles. The average molecular weight is 281 g/mol. The third kappa shape index (κ3) is 2.69. The van der Waals surface area contributed by atoms with Gasteiger partial charge >= 0.3 is 0 Å². The molecule has 0 saturated heterocycles. The second kappa shape index (κ2) is 4.34. The molecular formula is C11H12Cl2F2N2. The normalized spacial score (nSPS) is 22.4. The van der Waals surface area contributed by atoms with E-state index < -0.39 is 11.5 Å². The van der Waals surface area contributed by atoms with E-state index >= 15 is 0 Å². The Morgan fingerprint density at radius 2 is 1.76 bits per heavy atom. The lowest BCUT2D eigenvalue weighted by atomic mass is 9.76. The summed E-state index contributed by atoms with van der Waals surface area (Å²) < 4.78 is 26.2. The molecule has 0 aromatic carbocycles. The van der Waals surface area contributed by atoms with Crippen LogP contribution in [0, 0.1) is 0 Å². The summed E-state index contributed by atoms with van der Waals surface area (Å²) in [4.78, 5) is 3.91. The third-order valence-corrected chi connectivity index (χ3v) is 3.75. The Morgan fingerprint density at radius 1 is 1.18 bits per heavy atom. The van der Waals surface area contributed by atoms with E-state index in [1.165, 1.54) is 12.3 Å². The Morgan fingerprint density at radius 3 is 2.29 bits per heavy atom. The van der Waals surface area contributed by atoms with Gasteiger partial charge in [0.2, 0.25) is 5.92 Å². The minimum absolute atomic E-state index is 0.197. The van der Waals surface area contributed by atoms with Crippen molar-refractivity contribution in [3.8, 4) is 0 Å². The summed E-state index contributed by atoms with van der Waals surface area (Å²) in [6, 6.07) is 1.49. The fourth-order valence-electron chi connectivity index (χ4n) is 2.11. The Hall–Kier alpha value is -0.450. The van der Waals surface area contributed by atoms with Crippen LogP contribution < -0.4 is 5.73 Å². The van der Waals surface area contributed by atoms with Gasteiger partial charge in [-0.3, -0.25) is 0 Å². The summed E-state index contributed by atoms with van der Waals surface area (Å²) in [6.45, 7) is 0. The molecule has 0 atom stereocenters. The SMILES string of the molecule is NC1(c2cnc(Cl)cc2Cl)CCC(F)(F)CC1. The van der Waals surface area contributed by atoms with E-state index in [0.717, 1.165) is 0 Å². The highest BCUT2D eigenvalue weighted by Gasteiger charge is 2.43. The molecule has 1 aromatic rings. The summed E-state index contributed by atoms with van der Waals surface area (Å²) in [5.74, 6) is -2.62. The van der Waals surface area contributed by atoms with Crippen LogP contribution in [-0.2, 0) is 5.54 Å². The molecule has 94 valence electrons. The lowest BCUT2D eigenvalue weighted by molar-refractivity contribution is -0.0514. The van der Waals surface area contributed by atoms with Crippen molar-refractivity contribution in [2.45, 2.75) is 37.1 Å². The lowest BCUT2D eigenvalue weighted by Crippen LogP contribution is -2.43. The molecule has 1 aliphatic rings. The molecule has 0 aliphatic heterocycles. The maximum atomic E-state index is 13.1. The van der Waals surface area contributed by atoms with Crippen LogP contribution in [0.5, 0.6) is 0 Å². The maximum absolute atomic E-state index is 13.1. The molecule has 17 heavy (non-hydrogen) atoms. The van der Waals surface area contributed by atoms with Crippen LogP contribution in [-0.4, -0.2) is 10.9 Å². The summed E-state index contributed by atoms with van der Waals surface area (Å²) in [6.07, 6.45) is 1.44. The number of alkyl halides is 2. The quantitative estimate of drug-likeness (QED) is 0.796. The van der Waals surface area contributed by atoms with Crippen LogP contribution in [0.2, 0.25) is 10.2 Å². The molecule has 0 bridgehead atoms. The van der Waals surface area contributed by atoms with E-state index in [4.69, 9.17) is 28.9 Å². The standard InChI is InChI=1S/C11H12Cl2F2N2/c12-8-5-9(13)17-6-7(8)10(16)1-3-11(14,15)4-2-10/h5-6H,1-4,16H2. The van der Waals surface area contributed by atoms with E-state index in [-0.39, 0.29) is 30.8 Å². The van der Waals surface area contributed by atoms with Crippen molar-refractivity contribution in [2.24, 2.45) is 5.73 Å².